The smallest absolute Gasteiger partial charge is 0.277 e. The van der Waals surface area contributed by atoms with Crippen LogP contribution >= 0.6 is 0 Å². The van der Waals surface area contributed by atoms with Crippen molar-refractivity contribution in [2.24, 2.45) is 0 Å². The van der Waals surface area contributed by atoms with E-state index in [2.05, 4.69) is 46.8 Å². The van der Waals surface area contributed by atoms with Crippen LogP contribution in [0, 0.1) is 0 Å². The number of piperazine rings is 1. The number of hydrogen-bond donors (Lipinski definition) is 1. The molecule has 29 heavy (non-hydrogen) atoms. The van der Waals surface area contributed by atoms with Gasteiger partial charge in [0.15, 0.2) is 0 Å². The third kappa shape index (κ3) is 4.05. The van der Waals surface area contributed by atoms with Crippen LogP contribution in [0.4, 0.5) is 0 Å². The lowest BCUT2D eigenvalue weighted by atomic mass is 10.0. The third-order valence-corrected chi connectivity index (χ3v) is 5.50. The van der Waals surface area contributed by atoms with Gasteiger partial charge in [0, 0.05) is 26.1 Å². The number of aryl methyl sites for hydroxylation is 2. The molecule has 1 aliphatic rings. The molecule has 1 aromatic heterocycles. The highest BCUT2D eigenvalue weighted by atomic mass is 16.2. The van der Waals surface area contributed by atoms with Gasteiger partial charge >= 0.3 is 0 Å². The summed E-state index contributed by atoms with van der Waals surface area (Å²) in [6, 6.07) is 15.6. The Morgan fingerprint density at radius 3 is 2.76 bits per heavy atom. The van der Waals surface area contributed by atoms with Crippen LogP contribution in [0.5, 0.6) is 0 Å². The summed E-state index contributed by atoms with van der Waals surface area (Å²) < 4.78 is 1.29. The molecule has 1 atom stereocenters. The molecule has 1 unspecified atom stereocenters. The maximum Gasteiger partial charge on any atom is 0.277 e. The van der Waals surface area contributed by atoms with E-state index in [0.29, 0.717) is 17.4 Å². The predicted octanol–water partition coefficient (Wildman–Crippen LogP) is 1.92. The van der Waals surface area contributed by atoms with Crippen molar-refractivity contribution >= 4 is 16.8 Å². The number of rotatable bonds is 5. The van der Waals surface area contributed by atoms with Crippen LogP contribution in [-0.4, -0.2) is 45.4 Å². The van der Waals surface area contributed by atoms with Crippen molar-refractivity contribution in [3.63, 3.8) is 0 Å². The van der Waals surface area contributed by atoms with Crippen molar-refractivity contribution in [3.8, 4) is 0 Å². The second-order valence-electron chi connectivity index (χ2n) is 7.29. The second-order valence-corrected chi connectivity index (χ2v) is 7.29. The van der Waals surface area contributed by atoms with Gasteiger partial charge in [-0.1, -0.05) is 48.5 Å². The molecule has 1 aliphatic heterocycles. The largest absolute Gasteiger partial charge is 0.333 e. The minimum atomic E-state index is -0.213. The highest BCUT2D eigenvalue weighted by Crippen LogP contribution is 2.23. The minimum absolute atomic E-state index is 0.00145. The number of carbonyl (C=O) groups excluding carboxylic acids is 1. The van der Waals surface area contributed by atoms with Gasteiger partial charge in [0.2, 0.25) is 5.91 Å². The van der Waals surface area contributed by atoms with Gasteiger partial charge in [0.05, 0.1) is 18.0 Å². The molecule has 150 valence electrons. The molecule has 0 radical (unpaired) electrons. The van der Waals surface area contributed by atoms with E-state index < -0.39 is 0 Å². The Hall–Kier alpha value is -3.06. The first-order valence-electron chi connectivity index (χ1n) is 10.1. The summed E-state index contributed by atoms with van der Waals surface area (Å²) in [5.74, 6) is 0.0259. The lowest BCUT2D eigenvalue weighted by Crippen LogP contribution is -2.49. The van der Waals surface area contributed by atoms with Gasteiger partial charge in [-0.05, 0) is 29.7 Å². The molecule has 2 heterocycles. The highest BCUT2D eigenvalue weighted by molar-refractivity contribution is 5.77. The Bertz CT molecular complexity index is 1060. The first-order chi connectivity index (χ1) is 14.2. The van der Waals surface area contributed by atoms with Gasteiger partial charge in [-0.3, -0.25) is 9.59 Å². The van der Waals surface area contributed by atoms with E-state index in [1.54, 1.807) is 18.2 Å². The van der Waals surface area contributed by atoms with E-state index in [1.165, 1.54) is 10.2 Å². The van der Waals surface area contributed by atoms with Gasteiger partial charge in [-0.15, -0.1) is 5.10 Å². The van der Waals surface area contributed by atoms with Crippen molar-refractivity contribution in [1.82, 2.24) is 25.2 Å². The van der Waals surface area contributed by atoms with E-state index in [4.69, 9.17) is 0 Å². The number of amides is 1. The third-order valence-electron chi connectivity index (χ3n) is 5.50. The number of hydrogen-bond acceptors (Lipinski definition) is 5. The quantitative estimate of drug-likeness (QED) is 0.719. The number of aromatic nitrogens is 3. The summed E-state index contributed by atoms with van der Waals surface area (Å²) >= 11 is 0. The first-order valence-corrected chi connectivity index (χ1v) is 10.1. The fourth-order valence-electron chi connectivity index (χ4n) is 3.79. The number of benzene rings is 2. The molecule has 2 aromatic carbocycles. The first kappa shape index (κ1) is 19.3. The SMILES string of the molecule is CCc1ccc(C2CNCCN2C(=O)CCn2nnc3ccccc3c2=O)cc1. The molecule has 0 spiro atoms. The van der Waals surface area contributed by atoms with Gasteiger partial charge in [0.25, 0.3) is 5.56 Å². The molecular formula is C22H25N5O2. The summed E-state index contributed by atoms with van der Waals surface area (Å²) in [5.41, 5.74) is 2.77. The molecule has 0 saturated carbocycles. The van der Waals surface area contributed by atoms with Crippen LogP contribution in [-0.2, 0) is 17.8 Å². The Labute approximate surface area is 169 Å². The summed E-state index contributed by atoms with van der Waals surface area (Å²) in [4.78, 5) is 27.5. The zero-order valence-corrected chi connectivity index (χ0v) is 16.5. The molecule has 1 amide bonds. The van der Waals surface area contributed by atoms with Gasteiger partial charge in [0.1, 0.15) is 5.52 Å². The van der Waals surface area contributed by atoms with Crippen molar-refractivity contribution in [2.75, 3.05) is 19.6 Å². The Kier molecular flexibility index (Phi) is 5.67. The zero-order valence-electron chi connectivity index (χ0n) is 16.5. The van der Waals surface area contributed by atoms with Crippen LogP contribution in [0.15, 0.2) is 53.3 Å². The number of nitrogens with zero attached hydrogens (tertiary/aromatic N) is 4. The number of carbonyl (C=O) groups is 1. The van der Waals surface area contributed by atoms with E-state index >= 15 is 0 Å². The topological polar surface area (TPSA) is 80.1 Å². The lowest BCUT2D eigenvalue weighted by Gasteiger charge is -2.36. The van der Waals surface area contributed by atoms with Crippen LogP contribution in [0.3, 0.4) is 0 Å². The monoisotopic (exact) mass is 391 g/mol. The lowest BCUT2D eigenvalue weighted by molar-refractivity contribution is -0.134. The average molecular weight is 391 g/mol. The summed E-state index contributed by atoms with van der Waals surface area (Å²) in [6.45, 7) is 4.50. The van der Waals surface area contributed by atoms with Gasteiger partial charge in [-0.25, -0.2) is 4.68 Å². The maximum absolute atomic E-state index is 13.0. The van der Waals surface area contributed by atoms with Crippen molar-refractivity contribution in [3.05, 3.63) is 70.0 Å². The summed E-state index contributed by atoms with van der Waals surface area (Å²) in [5, 5.41) is 12.0. The van der Waals surface area contributed by atoms with E-state index in [9.17, 15) is 9.59 Å². The Morgan fingerprint density at radius 2 is 1.97 bits per heavy atom. The minimum Gasteiger partial charge on any atom is -0.333 e. The number of nitrogens with one attached hydrogen (secondary N) is 1. The van der Waals surface area contributed by atoms with Crippen molar-refractivity contribution in [2.45, 2.75) is 32.4 Å². The fraction of sp³-hybridized carbons (Fsp3) is 0.364. The van der Waals surface area contributed by atoms with E-state index in [1.807, 2.05) is 11.0 Å². The molecule has 1 fully saturated rings. The van der Waals surface area contributed by atoms with E-state index in [0.717, 1.165) is 25.1 Å². The molecule has 0 bridgehead atoms. The van der Waals surface area contributed by atoms with Crippen molar-refractivity contribution in [1.29, 1.82) is 0 Å². The van der Waals surface area contributed by atoms with Crippen molar-refractivity contribution < 1.29 is 4.79 Å². The predicted molar refractivity (Wildman–Crippen MR) is 112 cm³/mol. The molecule has 0 aliphatic carbocycles. The molecule has 3 aromatic rings. The van der Waals surface area contributed by atoms with Gasteiger partial charge in [-0.2, -0.15) is 0 Å². The normalized spacial score (nSPS) is 16.9. The van der Waals surface area contributed by atoms with Crippen LogP contribution in [0.1, 0.15) is 30.5 Å². The van der Waals surface area contributed by atoms with Crippen LogP contribution in [0.25, 0.3) is 10.9 Å². The molecule has 7 nitrogen and oxygen atoms in total. The molecule has 1 saturated heterocycles. The fourth-order valence-corrected chi connectivity index (χ4v) is 3.79. The highest BCUT2D eigenvalue weighted by Gasteiger charge is 2.27. The number of fused-ring (bicyclic) bond motifs is 1. The second kappa shape index (κ2) is 8.53. The molecule has 1 N–H and O–H groups in total. The van der Waals surface area contributed by atoms with Crippen LogP contribution < -0.4 is 10.9 Å². The summed E-state index contributed by atoms with van der Waals surface area (Å²) in [7, 11) is 0. The van der Waals surface area contributed by atoms with E-state index in [-0.39, 0.29) is 30.5 Å². The van der Waals surface area contributed by atoms with Gasteiger partial charge < -0.3 is 10.2 Å². The molecule has 4 rings (SSSR count). The zero-order chi connectivity index (χ0) is 20.2. The molecular weight excluding hydrogens is 366 g/mol. The maximum atomic E-state index is 13.0. The average Bonchev–Trinajstić information content (AvgIpc) is 2.78. The Morgan fingerprint density at radius 1 is 1.17 bits per heavy atom. The Balaban J connectivity index is 1.49. The summed E-state index contributed by atoms with van der Waals surface area (Å²) in [6.07, 6.45) is 1.21. The van der Waals surface area contributed by atoms with Crippen LogP contribution in [0.2, 0.25) is 0 Å². The molecule has 7 heteroatoms. The standard InChI is InChI=1S/C22H25N5O2/c1-2-16-7-9-17(10-8-16)20-15-23-12-14-26(20)21(28)11-13-27-22(29)18-5-3-4-6-19(18)24-25-27/h3-10,20,23H,2,11-15H2,1H3.